The van der Waals surface area contributed by atoms with Crippen LogP contribution in [-0.2, 0) is 10.2 Å². The first-order chi connectivity index (χ1) is 7.81. The average molecular weight is 231 g/mol. The number of hydrogen-bond acceptors (Lipinski definition) is 3. The van der Waals surface area contributed by atoms with Crippen molar-refractivity contribution in [3.05, 3.63) is 52.2 Å². The van der Waals surface area contributed by atoms with Crippen molar-refractivity contribution >= 4 is 17.0 Å². The number of thiophene rings is 1. The minimum Gasteiger partial charge on any atom is -0.399 e. The van der Waals surface area contributed by atoms with Crippen LogP contribution in [0.1, 0.15) is 10.4 Å². The Kier molecular flexibility index (Phi) is 2.23. The summed E-state index contributed by atoms with van der Waals surface area (Å²) in [6.07, 6.45) is 0. The van der Waals surface area contributed by atoms with Gasteiger partial charge in [-0.1, -0.05) is 18.2 Å². The number of nitrogens with two attached hydrogens (primary N) is 1. The van der Waals surface area contributed by atoms with E-state index in [9.17, 15) is 0 Å². The van der Waals surface area contributed by atoms with Crippen LogP contribution in [-0.4, -0.2) is 13.2 Å². The van der Waals surface area contributed by atoms with Gasteiger partial charge in [-0.2, -0.15) is 0 Å². The van der Waals surface area contributed by atoms with Crippen molar-refractivity contribution in [2.75, 3.05) is 18.9 Å². The van der Waals surface area contributed by atoms with E-state index >= 15 is 0 Å². The average Bonchev–Trinajstić information content (AvgIpc) is 2.73. The molecule has 2 nitrogen and oxygen atoms in total. The molecule has 0 spiro atoms. The van der Waals surface area contributed by atoms with Crippen LogP contribution in [0.25, 0.3) is 0 Å². The van der Waals surface area contributed by atoms with Crippen molar-refractivity contribution in [3.63, 3.8) is 0 Å². The molecule has 1 aromatic heterocycles. The maximum Gasteiger partial charge on any atom is 0.0762 e. The molecule has 3 rings (SSSR count). The summed E-state index contributed by atoms with van der Waals surface area (Å²) >= 11 is 1.79. The Bertz CT molecular complexity index is 471. The summed E-state index contributed by atoms with van der Waals surface area (Å²) < 4.78 is 5.42. The van der Waals surface area contributed by atoms with Crippen LogP contribution in [0.2, 0.25) is 0 Å². The second kappa shape index (κ2) is 3.61. The molecule has 16 heavy (non-hydrogen) atoms. The lowest BCUT2D eigenvalue weighted by molar-refractivity contribution is -0.0362. The molecule has 2 heterocycles. The first-order valence-corrected chi connectivity index (χ1v) is 6.17. The molecule has 1 fully saturated rings. The lowest BCUT2D eigenvalue weighted by atomic mass is 9.77. The summed E-state index contributed by atoms with van der Waals surface area (Å²) in [5.41, 5.74) is 7.90. The molecule has 2 N–H and O–H groups in total. The fourth-order valence-corrected chi connectivity index (χ4v) is 3.03. The second-order valence-electron chi connectivity index (χ2n) is 4.17. The number of ether oxygens (including phenoxy) is 1. The number of benzene rings is 1. The van der Waals surface area contributed by atoms with Crippen LogP contribution in [0.4, 0.5) is 5.69 Å². The van der Waals surface area contributed by atoms with Gasteiger partial charge >= 0.3 is 0 Å². The minimum absolute atomic E-state index is 0.0713. The molecule has 0 atom stereocenters. The summed E-state index contributed by atoms with van der Waals surface area (Å²) in [6, 6.07) is 12.4. The van der Waals surface area contributed by atoms with E-state index in [0.29, 0.717) is 0 Å². The molecule has 1 aromatic carbocycles. The standard InChI is InChI=1S/C13H13NOS/c14-11-5-3-10(4-6-11)13(8-15-9-13)12-2-1-7-16-12/h1-7H,8-9,14H2. The molecule has 1 saturated heterocycles. The maximum absolute atomic E-state index is 5.72. The van der Waals surface area contributed by atoms with Gasteiger partial charge in [-0.25, -0.2) is 0 Å². The van der Waals surface area contributed by atoms with E-state index in [2.05, 4.69) is 29.6 Å². The van der Waals surface area contributed by atoms with Crippen LogP contribution in [0.5, 0.6) is 0 Å². The Hall–Kier alpha value is -1.32. The third-order valence-electron chi connectivity index (χ3n) is 3.15. The van der Waals surface area contributed by atoms with Crippen LogP contribution in [0.3, 0.4) is 0 Å². The van der Waals surface area contributed by atoms with Gasteiger partial charge in [0.05, 0.1) is 18.6 Å². The lowest BCUT2D eigenvalue weighted by Crippen LogP contribution is -2.47. The Balaban J connectivity index is 2.05. The van der Waals surface area contributed by atoms with Gasteiger partial charge in [0.25, 0.3) is 0 Å². The van der Waals surface area contributed by atoms with E-state index in [4.69, 9.17) is 10.5 Å². The largest absolute Gasteiger partial charge is 0.399 e. The van der Waals surface area contributed by atoms with Gasteiger partial charge in [0.15, 0.2) is 0 Å². The Labute approximate surface area is 98.7 Å². The predicted octanol–water partition coefficient (Wildman–Crippen LogP) is 2.65. The fourth-order valence-electron chi connectivity index (χ4n) is 2.11. The van der Waals surface area contributed by atoms with E-state index in [-0.39, 0.29) is 5.41 Å². The number of anilines is 1. The van der Waals surface area contributed by atoms with Crippen LogP contribution in [0.15, 0.2) is 41.8 Å². The van der Waals surface area contributed by atoms with Crippen molar-refractivity contribution in [2.45, 2.75) is 5.41 Å². The van der Waals surface area contributed by atoms with E-state index in [1.807, 2.05) is 12.1 Å². The van der Waals surface area contributed by atoms with E-state index in [0.717, 1.165) is 18.9 Å². The molecule has 0 bridgehead atoms. The molecular formula is C13H13NOS. The molecule has 0 aliphatic carbocycles. The zero-order valence-electron chi connectivity index (χ0n) is 8.85. The molecule has 1 aliphatic heterocycles. The van der Waals surface area contributed by atoms with Gasteiger partial charge in [0, 0.05) is 10.6 Å². The number of hydrogen-bond donors (Lipinski definition) is 1. The monoisotopic (exact) mass is 231 g/mol. The van der Waals surface area contributed by atoms with Crippen molar-refractivity contribution in [1.82, 2.24) is 0 Å². The highest BCUT2D eigenvalue weighted by atomic mass is 32.1. The summed E-state index contributed by atoms with van der Waals surface area (Å²) in [5.74, 6) is 0. The maximum atomic E-state index is 5.72. The molecule has 0 radical (unpaired) electrons. The molecular weight excluding hydrogens is 218 g/mol. The molecule has 2 aromatic rings. The Morgan fingerprint density at radius 1 is 1.12 bits per heavy atom. The van der Waals surface area contributed by atoms with E-state index in [1.54, 1.807) is 11.3 Å². The fraction of sp³-hybridized carbons (Fsp3) is 0.231. The third kappa shape index (κ3) is 1.36. The highest BCUT2D eigenvalue weighted by Gasteiger charge is 2.42. The number of nitrogen functional groups attached to an aromatic ring is 1. The molecule has 1 aliphatic rings. The molecule has 82 valence electrons. The lowest BCUT2D eigenvalue weighted by Gasteiger charge is -2.41. The summed E-state index contributed by atoms with van der Waals surface area (Å²) in [6.45, 7) is 1.55. The highest BCUT2D eigenvalue weighted by Crippen LogP contribution is 2.41. The van der Waals surface area contributed by atoms with Gasteiger partial charge in [-0.05, 0) is 29.1 Å². The normalized spacial score (nSPS) is 18.0. The van der Waals surface area contributed by atoms with Gasteiger partial charge in [-0.3, -0.25) is 0 Å². The topological polar surface area (TPSA) is 35.2 Å². The molecule has 0 saturated carbocycles. The summed E-state index contributed by atoms with van der Waals surface area (Å²) in [4.78, 5) is 1.38. The van der Waals surface area contributed by atoms with Crippen LogP contribution >= 0.6 is 11.3 Å². The minimum atomic E-state index is 0.0713. The number of rotatable bonds is 2. The third-order valence-corrected chi connectivity index (χ3v) is 4.23. The first-order valence-electron chi connectivity index (χ1n) is 5.29. The Morgan fingerprint density at radius 3 is 2.38 bits per heavy atom. The predicted molar refractivity (Wildman–Crippen MR) is 66.8 cm³/mol. The first kappa shape index (κ1) is 9.87. The molecule has 0 amide bonds. The molecule has 0 unspecified atom stereocenters. The van der Waals surface area contributed by atoms with Crippen LogP contribution < -0.4 is 5.73 Å². The zero-order valence-corrected chi connectivity index (χ0v) is 9.67. The van der Waals surface area contributed by atoms with Crippen LogP contribution in [0, 0.1) is 0 Å². The Morgan fingerprint density at radius 2 is 1.88 bits per heavy atom. The SMILES string of the molecule is Nc1ccc(C2(c3cccs3)COC2)cc1. The zero-order chi connectivity index (χ0) is 11.0. The van der Waals surface area contributed by atoms with Gasteiger partial charge in [0.2, 0.25) is 0 Å². The van der Waals surface area contributed by atoms with Crippen molar-refractivity contribution < 1.29 is 4.74 Å². The van der Waals surface area contributed by atoms with E-state index < -0.39 is 0 Å². The van der Waals surface area contributed by atoms with Gasteiger partial charge in [-0.15, -0.1) is 11.3 Å². The molecule has 3 heteroatoms. The van der Waals surface area contributed by atoms with Crippen molar-refractivity contribution in [1.29, 1.82) is 0 Å². The smallest absolute Gasteiger partial charge is 0.0762 e. The van der Waals surface area contributed by atoms with E-state index in [1.165, 1.54) is 10.4 Å². The van der Waals surface area contributed by atoms with Crippen molar-refractivity contribution in [2.24, 2.45) is 0 Å². The van der Waals surface area contributed by atoms with Gasteiger partial charge in [0.1, 0.15) is 0 Å². The quantitative estimate of drug-likeness (QED) is 0.806. The summed E-state index contributed by atoms with van der Waals surface area (Å²) in [7, 11) is 0. The highest BCUT2D eigenvalue weighted by molar-refractivity contribution is 7.10. The second-order valence-corrected chi connectivity index (χ2v) is 5.12. The van der Waals surface area contributed by atoms with Gasteiger partial charge < -0.3 is 10.5 Å². The summed E-state index contributed by atoms with van der Waals surface area (Å²) in [5, 5.41) is 2.12. The van der Waals surface area contributed by atoms with Crippen molar-refractivity contribution in [3.8, 4) is 0 Å².